The zero-order chi connectivity index (χ0) is 12.5. The Morgan fingerprint density at radius 1 is 1.24 bits per heavy atom. The van der Waals surface area contributed by atoms with Gasteiger partial charge in [-0.1, -0.05) is 19.1 Å². The van der Waals surface area contributed by atoms with E-state index in [4.69, 9.17) is 4.74 Å². The summed E-state index contributed by atoms with van der Waals surface area (Å²) in [4.78, 5) is 0. The van der Waals surface area contributed by atoms with Gasteiger partial charge in [0.15, 0.2) is 0 Å². The number of hydrogen-bond donors (Lipinski definition) is 2. The monoisotopic (exact) mass is 237 g/mol. The number of aliphatic hydroxyl groups excluding tert-OH is 1. The fourth-order valence-electron chi connectivity index (χ4n) is 1.68. The van der Waals surface area contributed by atoms with E-state index >= 15 is 0 Å². The zero-order valence-corrected chi connectivity index (χ0v) is 10.8. The second-order valence-electron chi connectivity index (χ2n) is 4.14. The molecule has 1 atom stereocenters. The molecular formula is C14H23NO2. The van der Waals surface area contributed by atoms with Crippen LogP contribution in [0.25, 0.3) is 0 Å². The van der Waals surface area contributed by atoms with Crippen molar-refractivity contribution in [2.24, 2.45) is 0 Å². The normalized spacial score (nSPS) is 12.4. The van der Waals surface area contributed by atoms with Crippen molar-refractivity contribution in [3.8, 4) is 5.75 Å². The van der Waals surface area contributed by atoms with Crippen molar-refractivity contribution >= 4 is 0 Å². The number of benzene rings is 1. The summed E-state index contributed by atoms with van der Waals surface area (Å²) in [6.07, 6.45) is 1.46. The second kappa shape index (κ2) is 8.09. The molecule has 0 saturated heterocycles. The van der Waals surface area contributed by atoms with Crippen molar-refractivity contribution in [3.05, 3.63) is 29.8 Å². The second-order valence-corrected chi connectivity index (χ2v) is 4.14. The Labute approximate surface area is 104 Å². The number of ether oxygens (including phenoxy) is 1. The lowest BCUT2D eigenvalue weighted by Gasteiger charge is -2.12. The number of nitrogens with one attached hydrogen (secondary N) is 1. The van der Waals surface area contributed by atoms with Gasteiger partial charge in [0.2, 0.25) is 0 Å². The van der Waals surface area contributed by atoms with Gasteiger partial charge in [-0.15, -0.1) is 0 Å². The molecule has 0 spiro atoms. The van der Waals surface area contributed by atoms with Crippen molar-refractivity contribution in [1.82, 2.24) is 5.32 Å². The van der Waals surface area contributed by atoms with Gasteiger partial charge in [0.1, 0.15) is 5.75 Å². The van der Waals surface area contributed by atoms with Gasteiger partial charge in [-0.2, -0.15) is 0 Å². The van der Waals surface area contributed by atoms with Gasteiger partial charge in [0, 0.05) is 6.54 Å². The summed E-state index contributed by atoms with van der Waals surface area (Å²) in [5.74, 6) is 0.884. The summed E-state index contributed by atoms with van der Waals surface area (Å²) >= 11 is 0. The molecule has 0 unspecified atom stereocenters. The van der Waals surface area contributed by atoms with Crippen LogP contribution in [0.15, 0.2) is 24.3 Å². The van der Waals surface area contributed by atoms with E-state index in [0.29, 0.717) is 19.6 Å². The van der Waals surface area contributed by atoms with E-state index in [1.807, 2.05) is 31.2 Å². The first-order chi connectivity index (χ1) is 8.26. The maximum atomic E-state index is 9.81. The molecule has 0 aliphatic rings. The summed E-state index contributed by atoms with van der Waals surface area (Å²) in [6.45, 7) is 6.38. The number of hydrogen-bond acceptors (Lipinski definition) is 3. The highest BCUT2D eigenvalue weighted by Gasteiger charge is 2.04. The van der Waals surface area contributed by atoms with E-state index < -0.39 is 0 Å². The van der Waals surface area contributed by atoms with Gasteiger partial charge in [0.25, 0.3) is 0 Å². The summed E-state index contributed by atoms with van der Waals surface area (Å²) in [5, 5.41) is 13.0. The highest BCUT2D eigenvalue weighted by Crippen LogP contribution is 2.13. The van der Waals surface area contributed by atoms with Crippen LogP contribution in [0.3, 0.4) is 0 Å². The summed E-state index contributed by atoms with van der Waals surface area (Å²) < 4.78 is 5.37. The fourth-order valence-corrected chi connectivity index (χ4v) is 1.68. The van der Waals surface area contributed by atoms with Crippen LogP contribution in [-0.4, -0.2) is 30.9 Å². The Bertz CT molecular complexity index is 298. The van der Waals surface area contributed by atoms with Crippen molar-refractivity contribution < 1.29 is 9.84 Å². The van der Waals surface area contributed by atoms with Crippen molar-refractivity contribution in [1.29, 1.82) is 0 Å². The molecule has 0 radical (unpaired) electrons. The molecular weight excluding hydrogens is 214 g/mol. The molecule has 0 amide bonds. The number of rotatable bonds is 8. The van der Waals surface area contributed by atoms with Crippen molar-refractivity contribution in [2.45, 2.75) is 32.8 Å². The maximum absolute atomic E-state index is 9.81. The van der Waals surface area contributed by atoms with Gasteiger partial charge in [-0.05, 0) is 44.0 Å². The van der Waals surface area contributed by atoms with Crippen LogP contribution < -0.4 is 10.1 Å². The lowest BCUT2D eigenvalue weighted by molar-refractivity contribution is 0.172. The van der Waals surface area contributed by atoms with Gasteiger partial charge >= 0.3 is 0 Å². The van der Waals surface area contributed by atoms with Crippen molar-refractivity contribution in [3.63, 3.8) is 0 Å². The van der Waals surface area contributed by atoms with E-state index in [1.165, 1.54) is 0 Å². The molecule has 0 saturated carbocycles. The molecule has 0 bridgehead atoms. The molecule has 2 N–H and O–H groups in total. The van der Waals surface area contributed by atoms with E-state index in [2.05, 4.69) is 12.2 Å². The smallest absolute Gasteiger partial charge is 0.119 e. The third kappa shape index (κ3) is 5.71. The standard InChI is InChI=1S/C14H23NO2/c1-3-9-15-11-13(16)10-12-5-7-14(8-6-12)17-4-2/h5-8,13,15-16H,3-4,9-11H2,1-2H3/t13-/m1/s1. The highest BCUT2D eigenvalue weighted by atomic mass is 16.5. The molecule has 1 aromatic carbocycles. The van der Waals surface area contributed by atoms with Crippen molar-refractivity contribution in [2.75, 3.05) is 19.7 Å². The van der Waals surface area contributed by atoms with Gasteiger partial charge in [-0.25, -0.2) is 0 Å². The Morgan fingerprint density at radius 3 is 2.53 bits per heavy atom. The van der Waals surface area contributed by atoms with Gasteiger partial charge in [0.05, 0.1) is 12.7 Å². The van der Waals surface area contributed by atoms with Crippen LogP contribution in [0, 0.1) is 0 Å². The van der Waals surface area contributed by atoms with E-state index in [-0.39, 0.29) is 6.10 Å². The first-order valence-electron chi connectivity index (χ1n) is 6.36. The van der Waals surface area contributed by atoms with E-state index in [1.54, 1.807) is 0 Å². The highest BCUT2D eigenvalue weighted by molar-refractivity contribution is 5.27. The maximum Gasteiger partial charge on any atom is 0.119 e. The Balaban J connectivity index is 2.34. The molecule has 96 valence electrons. The zero-order valence-electron chi connectivity index (χ0n) is 10.8. The first kappa shape index (κ1) is 14.0. The molecule has 0 heterocycles. The Kier molecular flexibility index (Phi) is 6.67. The molecule has 0 fully saturated rings. The fraction of sp³-hybridized carbons (Fsp3) is 0.571. The van der Waals surface area contributed by atoms with Crippen LogP contribution in [0.2, 0.25) is 0 Å². The van der Waals surface area contributed by atoms with Crippen LogP contribution in [0.1, 0.15) is 25.8 Å². The molecule has 0 aliphatic carbocycles. The third-order valence-corrected chi connectivity index (χ3v) is 2.51. The van der Waals surface area contributed by atoms with Gasteiger partial charge in [-0.3, -0.25) is 0 Å². The molecule has 1 aromatic rings. The summed E-state index contributed by atoms with van der Waals surface area (Å²) in [6, 6.07) is 7.91. The Morgan fingerprint density at radius 2 is 1.94 bits per heavy atom. The number of aliphatic hydroxyl groups is 1. The lowest BCUT2D eigenvalue weighted by Crippen LogP contribution is -2.28. The van der Waals surface area contributed by atoms with Crippen LogP contribution in [0.4, 0.5) is 0 Å². The Hall–Kier alpha value is -1.06. The van der Waals surface area contributed by atoms with Crippen LogP contribution in [0.5, 0.6) is 5.75 Å². The third-order valence-electron chi connectivity index (χ3n) is 2.51. The minimum absolute atomic E-state index is 0.320. The van der Waals surface area contributed by atoms with E-state index in [0.717, 1.165) is 24.3 Å². The predicted molar refractivity (Wildman–Crippen MR) is 70.5 cm³/mol. The summed E-state index contributed by atoms with van der Waals surface area (Å²) in [7, 11) is 0. The molecule has 17 heavy (non-hydrogen) atoms. The lowest BCUT2D eigenvalue weighted by atomic mass is 10.1. The topological polar surface area (TPSA) is 41.5 Å². The molecule has 3 nitrogen and oxygen atoms in total. The average molecular weight is 237 g/mol. The minimum atomic E-state index is -0.320. The first-order valence-corrected chi connectivity index (χ1v) is 6.36. The van der Waals surface area contributed by atoms with Crippen LogP contribution in [-0.2, 0) is 6.42 Å². The molecule has 0 aromatic heterocycles. The SMILES string of the molecule is CCCNC[C@H](O)Cc1ccc(OCC)cc1. The molecule has 3 heteroatoms. The van der Waals surface area contributed by atoms with E-state index in [9.17, 15) is 5.11 Å². The van der Waals surface area contributed by atoms with Gasteiger partial charge < -0.3 is 15.2 Å². The summed E-state index contributed by atoms with van der Waals surface area (Å²) in [5.41, 5.74) is 1.14. The molecule has 0 aliphatic heterocycles. The quantitative estimate of drug-likeness (QED) is 0.679. The molecule has 1 rings (SSSR count). The van der Waals surface area contributed by atoms with Crippen LogP contribution >= 0.6 is 0 Å². The predicted octanol–water partition coefficient (Wildman–Crippen LogP) is 1.99. The average Bonchev–Trinajstić information content (AvgIpc) is 2.32. The largest absolute Gasteiger partial charge is 0.494 e. The minimum Gasteiger partial charge on any atom is -0.494 e.